The second kappa shape index (κ2) is 6.18. The lowest BCUT2D eigenvalue weighted by molar-refractivity contribution is -0.192. The van der Waals surface area contributed by atoms with Gasteiger partial charge in [-0.3, -0.25) is 4.79 Å². The third-order valence-corrected chi connectivity index (χ3v) is 0.865. The van der Waals surface area contributed by atoms with Crippen LogP contribution in [0.5, 0.6) is 0 Å². The molecule has 0 fully saturated rings. The zero-order chi connectivity index (χ0) is 13.6. The van der Waals surface area contributed by atoms with E-state index in [1.807, 2.05) is 0 Å². The molecular formula is C6H6F6O4. The minimum Gasteiger partial charge on any atom is -0.481 e. The number of alkyl halides is 6. The number of carboxylic acids is 2. The molecule has 0 heterocycles. The van der Waals surface area contributed by atoms with Crippen molar-refractivity contribution in [2.24, 2.45) is 0 Å². The van der Waals surface area contributed by atoms with E-state index in [0.29, 0.717) is 0 Å². The first kappa shape index (κ1) is 16.9. The average molecular weight is 256 g/mol. The second-order valence-electron chi connectivity index (χ2n) is 2.31. The molecule has 0 spiro atoms. The monoisotopic (exact) mass is 256 g/mol. The Balaban J connectivity index is 0. The van der Waals surface area contributed by atoms with E-state index in [0.717, 1.165) is 0 Å². The smallest absolute Gasteiger partial charge is 0.481 e. The molecule has 0 aromatic heterocycles. The summed E-state index contributed by atoms with van der Waals surface area (Å²) in [5.74, 6) is -4.18. The van der Waals surface area contributed by atoms with E-state index >= 15 is 0 Å². The van der Waals surface area contributed by atoms with Crippen molar-refractivity contribution < 1.29 is 46.1 Å². The number of hydrogen-bond donors (Lipinski definition) is 2. The number of carbonyl (C=O) groups is 2. The van der Waals surface area contributed by atoms with E-state index in [4.69, 9.17) is 15.0 Å². The molecule has 0 saturated carbocycles. The average Bonchev–Trinajstić information content (AvgIpc) is 1.99. The Kier molecular flexibility index (Phi) is 6.54. The van der Waals surface area contributed by atoms with Crippen molar-refractivity contribution in [3.63, 3.8) is 0 Å². The van der Waals surface area contributed by atoms with Crippen molar-refractivity contribution in [2.45, 2.75) is 25.2 Å². The lowest BCUT2D eigenvalue weighted by Gasteiger charge is -2.01. The largest absolute Gasteiger partial charge is 0.490 e. The number of hydrogen-bond acceptors (Lipinski definition) is 2. The summed E-state index contributed by atoms with van der Waals surface area (Å²) in [5.41, 5.74) is 0. The summed E-state index contributed by atoms with van der Waals surface area (Å²) in [7, 11) is 0. The molecule has 0 radical (unpaired) electrons. The SMILES string of the molecule is O=C(O)C(F)(F)F.O=C(O)CCC(F)(F)F. The number of rotatable bonds is 2. The van der Waals surface area contributed by atoms with Gasteiger partial charge in [0.15, 0.2) is 0 Å². The maximum Gasteiger partial charge on any atom is 0.490 e. The molecule has 16 heavy (non-hydrogen) atoms. The highest BCUT2D eigenvalue weighted by atomic mass is 19.4. The summed E-state index contributed by atoms with van der Waals surface area (Å²) >= 11 is 0. The number of carboxylic acid groups (broad SMARTS) is 2. The van der Waals surface area contributed by atoms with Crippen molar-refractivity contribution in [1.29, 1.82) is 0 Å². The molecule has 0 saturated heterocycles. The predicted molar refractivity (Wildman–Crippen MR) is 36.6 cm³/mol. The molecular weight excluding hydrogens is 250 g/mol. The zero-order valence-electron chi connectivity index (χ0n) is 7.39. The molecule has 0 unspecified atom stereocenters. The molecule has 0 amide bonds. The van der Waals surface area contributed by atoms with Crippen molar-refractivity contribution in [1.82, 2.24) is 0 Å². The Bertz CT molecular complexity index is 242. The van der Waals surface area contributed by atoms with Crippen LogP contribution in [-0.4, -0.2) is 34.5 Å². The highest BCUT2D eigenvalue weighted by Crippen LogP contribution is 2.20. The molecule has 96 valence electrons. The summed E-state index contributed by atoms with van der Waals surface area (Å²) < 4.78 is 65.2. The molecule has 10 heteroatoms. The first-order chi connectivity index (χ1) is 6.86. The fourth-order valence-corrected chi connectivity index (χ4v) is 0.249. The lowest BCUT2D eigenvalue weighted by Crippen LogP contribution is -2.21. The van der Waals surface area contributed by atoms with Crippen LogP contribution in [0.15, 0.2) is 0 Å². The van der Waals surface area contributed by atoms with Gasteiger partial charge in [-0.25, -0.2) is 4.79 Å². The van der Waals surface area contributed by atoms with Crippen LogP contribution in [0.3, 0.4) is 0 Å². The number of halogens is 6. The zero-order valence-corrected chi connectivity index (χ0v) is 7.39. The third-order valence-electron chi connectivity index (χ3n) is 0.865. The molecule has 0 aromatic carbocycles. The summed E-state index contributed by atoms with van der Waals surface area (Å²) in [6.45, 7) is 0. The Morgan fingerprint density at radius 1 is 0.938 bits per heavy atom. The van der Waals surface area contributed by atoms with Gasteiger partial charge in [0.05, 0.1) is 12.8 Å². The van der Waals surface area contributed by atoms with E-state index in [2.05, 4.69) is 0 Å². The molecule has 2 N–H and O–H groups in total. The van der Waals surface area contributed by atoms with Crippen LogP contribution in [0, 0.1) is 0 Å². The Morgan fingerprint density at radius 3 is 1.31 bits per heavy atom. The standard InChI is InChI=1S/C4H5F3O2.C2HF3O2/c5-4(6,7)2-1-3(8)9;3-2(4,5)1(6)7/h1-2H2,(H,8,9);(H,6,7). The van der Waals surface area contributed by atoms with E-state index in [-0.39, 0.29) is 0 Å². The van der Waals surface area contributed by atoms with Gasteiger partial charge >= 0.3 is 24.3 Å². The van der Waals surface area contributed by atoms with Gasteiger partial charge in [0, 0.05) is 0 Å². The minimum absolute atomic E-state index is 0.844. The summed E-state index contributed by atoms with van der Waals surface area (Å²) in [5, 5.41) is 14.9. The summed E-state index contributed by atoms with van der Waals surface area (Å²) in [6, 6.07) is 0. The lowest BCUT2D eigenvalue weighted by atomic mass is 10.3. The highest BCUT2D eigenvalue weighted by molar-refractivity contribution is 5.73. The fraction of sp³-hybridized carbons (Fsp3) is 0.667. The van der Waals surface area contributed by atoms with Crippen LogP contribution in [0.2, 0.25) is 0 Å². The molecule has 0 aromatic rings. The molecule has 0 aliphatic heterocycles. The molecule has 4 nitrogen and oxygen atoms in total. The number of aliphatic carboxylic acids is 2. The predicted octanol–water partition coefficient (Wildman–Crippen LogP) is 2.05. The molecule has 0 bridgehead atoms. The van der Waals surface area contributed by atoms with Crippen LogP contribution in [0.4, 0.5) is 26.3 Å². The van der Waals surface area contributed by atoms with Crippen molar-refractivity contribution in [3.8, 4) is 0 Å². The van der Waals surface area contributed by atoms with Crippen LogP contribution >= 0.6 is 0 Å². The Morgan fingerprint density at radius 2 is 1.25 bits per heavy atom. The van der Waals surface area contributed by atoms with E-state index in [9.17, 15) is 31.1 Å². The minimum atomic E-state index is -5.08. The first-order valence-electron chi connectivity index (χ1n) is 3.45. The normalized spacial score (nSPS) is 11.4. The van der Waals surface area contributed by atoms with Gasteiger partial charge < -0.3 is 10.2 Å². The van der Waals surface area contributed by atoms with Gasteiger partial charge in [-0.2, -0.15) is 26.3 Å². The van der Waals surface area contributed by atoms with Crippen molar-refractivity contribution >= 4 is 11.9 Å². The van der Waals surface area contributed by atoms with Gasteiger partial charge in [0.1, 0.15) is 0 Å². The van der Waals surface area contributed by atoms with Crippen LogP contribution in [-0.2, 0) is 9.59 Å². The molecule has 0 aliphatic carbocycles. The molecule has 0 rings (SSSR count). The van der Waals surface area contributed by atoms with Crippen molar-refractivity contribution in [3.05, 3.63) is 0 Å². The van der Waals surface area contributed by atoms with Gasteiger partial charge in [-0.05, 0) is 0 Å². The van der Waals surface area contributed by atoms with Crippen LogP contribution < -0.4 is 0 Å². The van der Waals surface area contributed by atoms with Gasteiger partial charge in [0.2, 0.25) is 0 Å². The fourth-order valence-electron chi connectivity index (χ4n) is 0.249. The maximum absolute atomic E-state index is 11.2. The van der Waals surface area contributed by atoms with Crippen LogP contribution in [0.1, 0.15) is 12.8 Å². The third kappa shape index (κ3) is 15.0. The summed E-state index contributed by atoms with van der Waals surface area (Å²) in [6.07, 6.45) is -11.5. The van der Waals surface area contributed by atoms with Gasteiger partial charge in [-0.1, -0.05) is 0 Å². The van der Waals surface area contributed by atoms with Crippen molar-refractivity contribution in [2.75, 3.05) is 0 Å². The van der Waals surface area contributed by atoms with Crippen LogP contribution in [0.25, 0.3) is 0 Å². The first-order valence-corrected chi connectivity index (χ1v) is 3.45. The van der Waals surface area contributed by atoms with E-state index < -0.39 is 37.1 Å². The molecule has 0 atom stereocenters. The summed E-state index contributed by atoms with van der Waals surface area (Å²) in [4.78, 5) is 18.4. The second-order valence-corrected chi connectivity index (χ2v) is 2.31. The van der Waals surface area contributed by atoms with Gasteiger partial charge in [0.25, 0.3) is 0 Å². The van der Waals surface area contributed by atoms with Gasteiger partial charge in [-0.15, -0.1) is 0 Å². The quantitative estimate of drug-likeness (QED) is 0.741. The molecule has 0 aliphatic rings. The highest BCUT2D eigenvalue weighted by Gasteiger charge is 2.38. The van der Waals surface area contributed by atoms with E-state index in [1.54, 1.807) is 0 Å². The topological polar surface area (TPSA) is 74.6 Å². The maximum atomic E-state index is 11.2. The van der Waals surface area contributed by atoms with E-state index in [1.165, 1.54) is 0 Å². The Labute approximate surface area is 84.5 Å². The Hall–Kier alpha value is -1.48.